The van der Waals surface area contributed by atoms with E-state index in [2.05, 4.69) is 41.1 Å². The summed E-state index contributed by atoms with van der Waals surface area (Å²) in [6, 6.07) is 17.1. The summed E-state index contributed by atoms with van der Waals surface area (Å²) in [5.74, 6) is 0.355. The van der Waals surface area contributed by atoms with E-state index < -0.39 is 0 Å². The molecule has 2 N–H and O–H groups in total. The Hall–Kier alpha value is -2.85. The van der Waals surface area contributed by atoms with Crippen molar-refractivity contribution in [2.45, 2.75) is 26.6 Å². The number of aromatic hydroxyl groups is 2. The molecule has 0 unspecified atom stereocenters. The van der Waals surface area contributed by atoms with Gasteiger partial charge in [0.15, 0.2) is 0 Å². The summed E-state index contributed by atoms with van der Waals surface area (Å²) in [7, 11) is 0. The lowest BCUT2D eigenvalue weighted by atomic mass is 10.1. The molecule has 128 valence electrons. The Morgan fingerprint density at radius 1 is 0.800 bits per heavy atom. The molecule has 3 aromatic rings. The van der Waals surface area contributed by atoms with Gasteiger partial charge >= 0.3 is 0 Å². The highest BCUT2D eigenvalue weighted by Crippen LogP contribution is 2.25. The first kappa shape index (κ1) is 17.0. The van der Waals surface area contributed by atoms with Crippen LogP contribution in [0.5, 0.6) is 11.5 Å². The fraction of sp³-hybridized carbons (Fsp3) is 0.190. The van der Waals surface area contributed by atoms with Gasteiger partial charge in [-0.2, -0.15) is 0 Å². The summed E-state index contributed by atoms with van der Waals surface area (Å²) in [4.78, 5) is 6.30. The molecule has 1 aromatic heterocycles. The smallest absolute Gasteiger partial charge is 0.120 e. The molecule has 4 heteroatoms. The van der Waals surface area contributed by atoms with Crippen molar-refractivity contribution >= 4 is 0 Å². The van der Waals surface area contributed by atoms with Crippen LogP contribution in [-0.4, -0.2) is 20.1 Å². The first-order chi connectivity index (χ1) is 12.1. The molecule has 0 fully saturated rings. The predicted molar refractivity (Wildman–Crippen MR) is 98.1 cm³/mol. The Bertz CT molecular complexity index is 817. The maximum Gasteiger partial charge on any atom is 0.120 e. The average molecular weight is 334 g/mol. The normalized spacial score (nSPS) is 11.0. The van der Waals surface area contributed by atoms with E-state index in [1.807, 2.05) is 12.1 Å². The van der Waals surface area contributed by atoms with Crippen molar-refractivity contribution in [3.63, 3.8) is 0 Å². The molecule has 3 rings (SSSR count). The van der Waals surface area contributed by atoms with Crippen LogP contribution in [0.25, 0.3) is 0 Å². The highest BCUT2D eigenvalue weighted by molar-refractivity contribution is 5.38. The van der Waals surface area contributed by atoms with Gasteiger partial charge in [0.2, 0.25) is 0 Å². The largest absolute Gasteiger partial charge is 0.508 e. The number of pyridine rings is 1. The van der Waals surface area contributed by atoms with Gasteiger partial charge in [0.05, 0.1) is 0 Å². The third-order valence-corrected chi connectivity index (χ3v) is 4.14. The number of phenolic OH excluding ortho intramolecular Hbond substituents is 2. The molecule has 0 saturated carbocycles. The van der Waals surface area contributed by atoms with Gasteiger partial charge in [-0.05, 0) is 48.4 Å². The molecule has 25 heavy (non-hydrogen) atoms. The van der Waals surface area contributed by atoms with Crippen LogP contribution in [0.4, 0.5) is 0 Å². The van der Waals surface area contributed by atoms with Gasteiger partial charge < -0.3 is 10.2 Å². The second-order valence-corrected chi connectivity index (χ2v) is 6.30. The Balaban J connectivity index is 1.82. The summed E-state index contributed by atoms with van der Waals surface area (Å²) in [5.41, 5.74) is 4.30. The number of benzene rings is 2. The van der Waals surface area contributed by atoms with E-state index in [-0.39, 0.29) is 11.5 Å². The lowest BCUT2D eigenvalue weighted by Crippen LogP contribution is -2.22. The molecule has 0 saturated heterocycles. The quantitative estimate of drug-likeness (QED) is 0.669. The van der Waals surface area contributed by atoms with Crippen molar-refractivity contribution in [3.05, 3.63) is 89.2 Å². The van der Waals surface area contributed by atoms with Crippen LogP contribution in [-0.2, 0) is 19.6 Å². The van der Waals surface area contributed by atoms with Crippen molar-refractivity contribution in [2.24, 2.45) is 0 Å². The van der Waals surface area contributed by atoms with Crippen molar-refractivity contribution < 1.29 is 10.2 Å². The zero-order chi connectivity index (χ0) is 17.6. The number of hydrogen-bond acceptors (Lipinski definition) is 4. The lowest BCUT2D eigenvalue weighted by Gasteiger charge is -2.23. The van der Waals surface area contributed by atoms with E-state index in [1.54, 1.807) is 18.5 Å². The second-order valence-electron chi connectivity index (χ2n) is 6.30. The Kier molecular flexibility index (Phi) is 5.31. The zero-order valence-electron chi connectivity index (χ0n) is 14.3. The van der Waals surface area contributed by atoms with Crippen LogP contribution in [0.1, 0.15) is 22.3 Å². The molecule has 1 heterocycles. The van der Waals surface area contributed by atoms with Crippen molar-refractivity contribution in [2.75, 3.05) is 0 Å². The number of nitrogens with zero attached hydrogens (tertiary/aromatic N) is 2. The maximum atomic E-state index is 10.1. The fourth-order valence-electron chi connectivity index (χ4n) is 2.81. The molecule has 2 aromatic carbocycles. The van der Waals surface area contributed by atoms with E-state index in [1.165, 1.54) is 23.3 Å². The minimum Gasteiger partial charge on any atom is -0.508 e. The lowest BCUT2D eigenvalue weighted by molar-refractivity contribution is 0.244. The first-order valence-electron chi connectivity index (χ1n) is 8.28. The minimum absolute atomic E-state index is 0.159. The Morgan fingerprint density at radius 2 is 1.44 bits per heavy atom. The summed E-state index contributed by atoms with van der Waals surface area (Å²) < 4.78 is 0. The summed E-state index contributed by atoms with van der Waals surface area (Å²) in [6.07, 6.45) is 3.57. The van der Waals surface area contributed by atoms with E-state index >= 15 is 0 Å². The molecule has 4 nitrogen and oxygen atoms in total. The van der Waals surface area contributed by atoms with Gasteiger partial charge in [-0.3, -0.25) is 9.88 Å². The number of hydrogen-bond donors (Lipinski definition) is 2. The van der Waals surface area contributed by atoms with Crippen LogP contribution in [0.2, 0.25) is 0 Å². The van der Waals surface area contributed by atoms with Gasteiger partial charge in [-0.25, -0.2) is 0 Å². The third kappa shape index (κ3) is 4.81. The molecular weight excluding hydrogens is 312 g/mol. The van der Waals surface area contributed by atoms with E-state index in [4.69, 9.17) is 0 Å². The highest BCUT2D eigenvalue weighted by atomic mass is 16.3. The maximum absolute atomic E-state index is 10.1. The third-order valence-electron chi connectivity index (χ3n) is 4.14. The van der Waals surface area contributed by atoms with Crippen LogP contribution >= 0.6 is 0 Å². The van der Waals surface area contributed by atoms with Gasteiger partial charge in [0.1, 0.15) is 11.5 Å². The molecular formula is C21H22N2O2. The van der Waals surface area contributed by atoms with Crippen molar-refractivity contribution in [1.82, 2.24) is 9.88 Å². The average Bonchev–Trinajstić information content (AvgIpc) is 2.61. The molecule has 0 bridgehead atoms. The van der Waals surface area contributed by atoms with Crippen LogP contribution < -0.4 is 0 Å². The molecule has 0 amide bonds. The van der Waals surface area contributed by atoms with Crippen molar-refractivity contribution in [1.29, 1.82) is 0 Å². The van der Waals surface area contributed by atoms with Gasteiger partial charge in [0, 0.05) is 37.6 Å². The summed E-state index contributed by atoms with van der Waals surface area (Å²) >= 11 is 0. The molecule has 0 atom stereocenters. The Labute approximate surface area is 148 Å². The molecule has 0 spiro atoms. The standard InChI is InChI=1S/C21H22N2O2/c1-16-2-4-17(5-3-16)13-23(14-18-8-10-22-11-9-18)15-19-12-20(24)6-7-21(19)25/h2-12,24-25H,13-15H2,1H3. The van der Waals surface area contributed by atoms with E-state index in [0.29, 0.717) is 12.1 Å². The number of rotatable bonds is 6. The molecule has 0 radical (unpaired) electrons. The van der Waals surface area contributed by atoms with E-state index in [9.17, 15) is 10.2 Å². The number of aromatic nitrogens is 1. The van der Waals surface area contributed by atoms with Gasteiger partial charge in [-0.15, -0.1) is 0 Å². The van der Waals surface area contributed by atoms with Crippen LogP contribution in [0, 0.1) is 6.92 Å². The summed E-state index contributed by atoms with van der Waals surface area (Å²) in [5, 5.41) is 19.8. The molecule has 0 aliphatic heterocycles. The zero-order valence-corrected chi connectivity index (χ0v) is 14.3. The van der Waals surface area contributed by atoms with Gasteiger partial charge in [0.25, 0.3) is 0 Å². The summed E-state index contributed by atoms with van der Waals surface area (Å²) in [6.45, 7) is 4.09. The van der Waals surface area contributed by atoms with Crippen LogP contribution in [0.3, 0.4) is 0 Å². The second kappa shape index (κ2) is 7.81. The monoisotopic (exact) mass is 334 g/mol. The topological polar surface area (TPSA) is 56.6 Å². The fourth-order valence-corrected chi connectivity index (χ4v) is 2.81. The van der Waals surface area contributed by atoms with Crippen LogP contribution in [0.15, 0.2) is 67.0 Å². The minimum atomic E-state index is 0.159. The first-order valence-corrected chi connectivity index (χ1v) is 8.28. The number of phenols is 2. The highest BCUT2D eigenvalue weighted by Gasteiger charge is 2.12. The SMILES string of the molecule is Cc1ccc(CN(Cc2ccncc2)Cc2cc(O)ccc2O)cc1. The van der Waals surface area contributed by atoms with Crippen molar-refractivity contribution in [3.8, 4) is 11.5 Å². The Morgan fingerprint density at radius 3 is 2.12 bits per heavy atom. The molecule has 0 aliphatic rings. The van der Waals surface area contributed by atoms with E-state index in [0.717, 1.165) is 18.7 Å². The predicted octanol–water partition coefficient (Wildman–Crippen LogP) is 4.00. The molecule has 0 aliphatic carbocycles. The number of aryl methyl sites for hydroxylation is 1. The van der Waals surface area contributed by atoms with Gasteiger partial charge in [-0.1, -0.05) is 29.8 Å².